The zero-order valence-corrected chi connectivity index (χ0v) is 17.1. The number of sulfonamides is 1. The summed E-state index contributed by atoms with van der Waals surface area (Å²) >= 11 is 0. The number of nitrogens with zero attached hydrogens (tertiary/aromatic N) is 3. The molecule has 0 atom stereocenters. The monoisotopic (exact) mass is 435 g/mol. The maximum atomic E-state index is 14.9. The number of fused-ring (bicyclic) bond motifs is 1. The maximum absolute atomic E-state index is 14.9. The Kier molecular flexibility index (Phi) is 4.92. The van der Waals surface area contributed by atoms with Crippen LogP contribution in [0.1, 0.15) is 18.4 Å². The summed E-state index contributed by atoms with van der Waals surface area (Å²) in [5.41, 5.74) is 0.309. The van der Waals surface area contributed by atoms with E-state index in [1.54, 1.807) is 26.1 Å². The molecule has 0 radical (unpaired) electrons. The quantitative estimate of drug-likeness (QED) is 0.617. The second kappa shape index (κ2) is 7.31. The Bertz CT molecular complexity index is 1320. The molecule has 0 bridgehead atoms. The number of rotatable bonds is 6. The number of nitrogens with one attached hydrogen (secondary N) is 2. The minimum absolute atomic E-state index is 0.0556. The van der Waals surface area contributed by atoms with Crippen molar-refractivity contribution in [2.24, 2.45) is 13.0 Å². The third kappa shape index (κ3) is 3.84. The van der Waals surface area contributed by atoms with E-state index >= 15 is 0 Å². The Morgan fingerprint density at radius 3 is 2.67 bits per heavy atom. The van der Waals surface area contributed by atoms with Crippen LogP contribution in [0.2, 0.25) is 0 Å². The number of anilines is 3. The van der Waals surface area contributed by atoms with Crippen LogP contribution in [0.3, 0.4) is 0 Å². The van der Waals surface area contributed by atoms with E-state index in [0.29, 0.717) is 16.5 Å². The van der Waals surface area contributed by atoms with Crippen LogP contribution in [0.25, 0.3) is 10.9 Å². The topological polar surface area (TPSA) is 106 Å². The molecule has 1 aromatic carbocycles. The van der Waals surface area contributed by atoms with Gasteiger partial charge in [0, 0.05) is 12.7 Å². The molecule has 0 unspecified atom stereocenters. The standard InChI is InChI=1S/C19H19F2N5O3S/c1-10-13(5-6-14-15(10)19(27)26(2)9-23-14)24-17-12(20)7-22-18(16(17)21)25-30(28,29)8-11-3-4-11/h5-7,9,11H,3-4,8H2,1-2H3,(H2,22,24,25). The molecule has 2 N–H and O–H groups in total. The highest BCUT2D eigenvalue weighted by Crippen LogP contribution is 2.33. The molecule has 0 aliphatic heterocycles. The highest BCUT2D eigenvalue weighted by Gasteiger charge is 2.29. The van der Waals surface area contributed by atoms with E-state index in [2.05, 4.69) is 20.0 Å². The molecule has 1 aliphatic carbocycles. The van der Waals surface area contributed by atoms with Crippen molar-refractivity contribution in [1.82, 2.24) is 14.5 Å². The van der Waals surface area contributed by atoms with Crippen molar-refractivity contribution in [2.75, 3.05) is 15.8 Å². The predicted octanol–water partition coefficient (Wildman–Crippen LogP) is 2.81. The first-order chi connectivity index (χ1) is 14.2. The van der Waals surface area contributed by atoms with Crippen LogP contribution in [-0.4, -0.2) is 28.7 Å². The molecule has 1 aliphatic rings. The van der Waals surface area contributed by atoms with E-state index < -0.39 is 33.2 Å². The number of benzene rings is 1. The van der Waals surface area contributed by atoms with Gasteiger partial charge in [-0.25, -0.2) is 27.2 Å². The lowest BCUT2D eigenvalue weighted by atomic mass is 10.1. The normalized spacial score (nSPS) is 14.1. The van der Waals surface area contributed by atoms with Crippen LogP contribution < -0.4 is 15.6 Å². The number of pyridine rings is 1. The average molecular weight is 435 g/mol. The molecule has 4 rings (SSSR count). The van der Waals surface area contributed by atoms with Gasteiger partial charge >= 0.3 is 0 Å². The van der Waals surface area contributed by atoms with Crippen molar-refractivity contribution in [3.63, 3.8) is 0 Å². The smallest absolute Gasteiger partial charge is 0.261 e. The summed E-state index contributed by atoms with van der Waals surface area (Å²) in [5, 5.41) is 2.94. The molecule has 30 heavy (non-hydrogen) atoms. The van der Waals surface area contributed by atoms with Gasteiger partial charge in [-0.15, -0.1) is 0 Å². The summed E-state index contributed by atoms with van der Waals surface area (Å²) in [6.45, 7) is 1.63. The molecular formula is C19H19F2N5O3S. The van der Waals surface area contributed by atoms with Gasteiger partial charge in [-0.3, -0.25) is 9.52 Å². The van der Waals surface area contributed by atoms with Crippen LogP contribution >= 0.6 is 0 Å². The average Bonchev–Trinajstić information content (AvgIpc) is 3.48. The Hall–Kier alpha value is -3.08. The van der Waals surface area contributed by atoms with Gasteiger partial charge in [-0.2, -0.15) is 0 Å². The van der Waals surface area contributed by atoms with E-state index in [1.165, 1.54) is 10.9 Å². The highest BCUT2D eigenvalue weighted by molar-refractivity contribution is 7.92. The first-order valence-corrected chi connectivity index (χ1v) is 10.9. The molecule has 11 heteroatoms. The van der Waals surface area contributed by atoms with Gasteiger partial charge in [0.15, 0.2) is 17.5 Å². The van der Waals surface area contributed by atoms with Gasteiger partial charge in [-0.05, 0) is 43.4 Å². The molecule has 2 heterocycles. The van der Waals surface area contributed by atoms with E-state index in [-0.39, 0.29) is 22.9 Å². The minimum atomic E-state index is -3.80. The maximum Gasteiger partial charge on any atom is 0.261 e. The third-order valence-electron chi connectivity index (χ3n) is 4.98. The van der Waals surface area contributed by atoms with Crippen molar-refractivity contribution in [1.29, 1.82) is 0 Å². The Morgan fingerprint density at radius 2 is 1.97 bits per heavy atom. The molecule has 3 aromatic rings. The molecule has 1 saturated carbocycles. The Morgan fingerprint density at radius 1 is 1.23 bits per heavy atom. The van der Waals surface area contributed by atoms with Crippen molar-refractivity contribution in [2.45, 2.75) is 19.8 Å². The van der Waals surface area contributed by atoms with Gasteiger partial charge in [0.25, 0.3) is 5.56 Å². The zero-order valence-electron chi connectivity index (χ0n) is 16.2. The van der Waals surface area contributed by atoms with Crippen LogP contribution in [0.15, 0.2) is 29.5 Å². The Labute approximate surface area is 171 Å². The van der Waals surface area contributed by atoms with Crippen molar-refractivity contribution < 1.29 is 17.2 Å². The first-order valence-electron chi connectivity index (χ1n) is 9.22. The molecule has 1 fully saturated rings. The molecule has 0 saturated heterocycles. The van der Waals surface area contributed by atoms with Crippen LogP contribution in [0.4, 0.5) is 26.0 Å². The van der Waals surface area contributed by atoms with Crippen molar-refractivity contribution in [3.05, 3.63) is 52.2 Å². The van der Waals surface area contributed by atoms with Crippen LogP contribution in [-0.2, 0) is 17.1 Å². The number of hydrogen-bond donors (Lipinski definition) is 2. The number of hydrogen-bond acceptors (Lipinski definition) is 6. The summed E-state index contributed by atoms with van der Waals surface area (Å²) in [6, 6.07) is 3.10. The van der Waals surface area contributed by atoms with E-state index in [9.17, 15) is 22.0 Å². The number of aromatic nitrogens is 3. The number of halogens is 2. The molecule has 158 valence electrons. The largest absolute Gasteiger partial charge is 0.350 e. The van der Waals surface area contributed by atoms with Crippen LogP contribution in [0.5, 0.6) is 0 Å². The third-order valence-corrected chi connectivity index (χ3v) is 6.40. The van der Waals surface area contributed by atoms with E-state index in [0.717, 1.165) is 19.0 Å². The molecule has 2 aromatic heterocycles. The summed E-state index contributed by atoms with van der Waals surface area (Å²) in [4.78, 5) is 20.2. The zero-order chi connectivity index (χ0) is 21.6. The lowest BCUT2D eigenvalue weighted by Gasteiger charge is -2.15. The molecular weight excluding hydrogens is 416 g/mol. The second-order valence-corrected chi connectivity index (χ2v) is 9.16. The SMILES string of the molecule is Cc1c(Nc2c(F)cnc(NS(=O)(=O)CC3CC3)c2F)ccc2ncn(C)c(=O)c12. The fourth-order valence-corrected chi connectivity index (χ4v) is 4.63. The molecule has 0 amide bonds. The first kappa shape index (κ1) is 20.2. The van der Waals surface area contributed by atoms with Crippen molar-refractivity contribution >= 4 is 38.1 Å². The lowest BCUT2D eigenvalue weighted by Crippen LogP contribution is -2.20. The van der Waals surface area contributed by atoms with Crippen LogP contribution in [0, 0.1) is 24.5 Å². The summed E-state index contributed by atoms with van der Waals surface area (Å²) in [5.74, 6) is -2.84. The van der Waals surface area contributed by atoms with Gasteiger partial charge in [0.2, 0.25) is 10.0 Å². The van der Waals surface area contributed by atoms with E-state index in [4.69, 9.17) is 0 Å². The fourth-order valence-electron chi connectivity index (χ4n) is 3.16. The minimum Gasteiger partial charge on any atom is -0.350 e. The summed E-state index contributed by atoms with van der Waals surface area (Å²) < 4.78 is 57.0. The fraction of sp³-hybridized carbons (Fsp3) is 0.316. The summed E-state index contributed by atoms with van der Waals surface area (Å²) in [7, 11) is -2.25. The predicted molar refractivity (Wildman–Crippen MR) is 109 cm³/mol. The number of aryl methyl sites for hydroxylation is 2. The van der Waals surface area contributed by atoms with Crippen molar-refractivity contribution in [3.8, 4) is 0 Å². The lowest BCUT2D eigenvalue weighted by molar-refractivity contribution is 0.580. The molecule has 8 nitrogen and oxygen atoms in total. The van der Waals surface area contributed by atoms with E-state index in [1.807, 2.05) is 0 Å². The highest BCUT2D eigenvalue weighted by atomic mass is 32.2. The summed E-state index contributed by atoms with van der Waals surface area (Å²) in [6.07, 6.45) is 3.74. The van der Waals surface area contributed by atoms with Gasteiger partial charge in [0.1, 0.15) is 5.69 Å². The molecule has 0 spiro atoms. The van der Waals surface area contributed by atoms with Gasteiger partial charge < -0.3 is 9.88 Å². The Balaban J connectivity index is 1.72. The van der Waals surface area contributed by atoms with Gasteiger partial charge in [-0.1, -0.05) is 0 Å². The second-order valence-electron chi connectivity index (χ2n) is 7.39. The van der Waals surface area contributed by atoms with Gasteiger partial charge in [0.05, 0.1) is 29.2 Å².